The first-order chi connectivity index (χ1) is 14.6. The molecule has 0 aliphatic heterocycles. The van der Waals surface area contributed by atoms with Gasteiger partial charge in [0.1, 0.15) is 5.82 Å². The van der Waals surface area contributed by atoms with Crippen molar-refractivity contribution in [2.24, 2.45) is 11.8 Å². The first-order valence-corrected chi connectivity index (χ1v) is 10.8. The second kappa shape index (κ2) is 11.7. The molecule has 4 N–H and O–H groups in total. The number of benzene rings is 1. The van der Waals surface area contributed by atoms with E-state index in [1.165, 1.54) is 5.56 Å². The first-order valence-electron chi connectivity index (χ1n) is 10.8. The van der Waals surface area contributed by atoms with E-state index in [-0.39, 0.29) is 11.8 Å². The Bertz CT molecular complexity index is 779. The molecular formula is C23H32N4O3. The summed E-state index contributed by atoms with van der Waals surface area (Å²) in [6, 6.07) is 10.1. The Morgan fingerprint density at radius 1 is 1.10 bits per heavy atom. The lowest BCUT2D eigenvalue weighted by Crippen LogP contribution is -2.20. The topological polar surface area (TPSA) is 115 Å². The van der Waals surface area contributed by atoms with E-state index in [9.17, 15) is 15.3 Å². The highest BCUT2D eigenvalue weighted by atomic mass is 16.3. The third kappa shape index (κ3) is 6.86. The zero-order valence-corrected chi connectivity index (χ0v) is 17.2. The first kappa shape index (κ1) is 22.3. The van der Waals surface area contributed by atoms with Crippen molar-refractivity contribution in [3.8, 4) is 0 Å². The molecule has 7 heteroatoms. The molecule has 5 unspecified atom stereocenters. The Morgan fingerprint density at radius 2 is 1.93 bits per heavy atom. The zero-order chi connectivity index (χ0) is 21.2. The lowest BCUT2D eigenvalue weighted by Gasteiger charge is -2.19. The van der Waals surface area contributed by atoms with Gasteiger partial charge in [0.05, 0.1) is 18.3 Å². The van der Waals surface area contributed by atoms with E-state index in [1.54, 1.807) is 6.08 Å². The maximum Gasteiger partial charge on any atom is 0.148 e. The molecule has 1 saturated carbocycles. The number of aryl methyl sites for hydroxylation is 2. The molecule has 0 bridgehead atoms. The quantitative estimate of drug-likeness (QED) is 0.333. The van der Waals surface area contributed by atoms with Gasteiger partial charge < -0.3 is 15.3 Å². The van der Waals surface area contributed by atoms with E-state index in [0.717, 1.165) is 31.5 Å². The summed E-state index contributed by atoms with van der Waals surface area (Å²) in [5.41, 5.74) is 1.20. The van der Waals surface area contributed by atoms with Gasteiger partial charge in [0.25, 0.3) is 0 Å². The van der Waals surface area contributed by atoms with Crippen molar-refractivity contribution < 1.29 is 15.3 Å². The third-order valence-electron chi connectivity index (χ3n) is 5.79. The van der Waals surface area contributed by atoms with Gasteiger partial charge in [-0.1, -0.05) is 54.6 Å². The largest absolute Gasteiger partial charge is 0.393 e. The molecule has 1 aromatic heterocycles. The van der Waals surface area contributed by atoms with Crippen LogP contribution in [-0.2, 0) is 12.8 Å². The van der Waals surface area contributed by atoms with Crippen LogP contribution in [0.25, 0.3) is 0 Å². The minimum Gasteiger partial charge on any atom is -0.393 e. The number of allylic oxidation sites excluding steroid dienone is 2. The van der Waals surface area contributed by atoms with Gasteiger partial charge in [0.2, 0.25) is 0 Å². The molecule has 162 valence electrons. The van der Waals surface area contributed by atoms with Gasteiger partial charge in [0, 0.05) is 18.8 Å². The summed E-state index contributed by atoms with van der Waals surface area (Å²) in [6.45, 7) is 0. The Balaban J connectivity index is 1.43. The van der Waals surface area contributed by atoms with Crippen molar-refractivity contribution >= 4 is 0 Å². The minimum absolute atomic E-state index is 0.0349. The molecule has 0 saturated heterocycles. The molecule has 5 atom stereocenters. The smallest absolute Gasteiger partial charge is 0.148 e. The van der Waals surface area contributed by atoms with Gasteiger partial charge in [-0.2, -0.15) is 0 Å². The Hall–Kier alpha value is -2.35. The third-order valence-corrected chi connectivity index (χ3v) is 5.79. The highest BCUT2D eigenvalue weighted by Gasteiger charge is 2.39. The average molecular weight is 413 g/mol. The molecular weight excluding hydrogens is 380 g/mol. The van der Waals surface area contributed by atoms with Crippen molar-refractivity contribution in [2.45, 2.75) is 63.3 Å². The standard InChI is InChI=1S/C23H32N4O3/c28-18(13-12-17-8-4-3-5-9-17)14-15-20-19(21(29)16-22(20)30)10-6-1-2-7-11-23-24-26-27-25-23/h1,3-6,8-9,14-15,18-22,28-30H,2,7,10-13,16H2,(H,24,25,26,27)/b6-1-,15-14?. The highest BCUT2D eigenvalue weighted by molar-refractivity contribution is 5.15. The maximum absolute atomic E-state index is 10.4. The van der Waals surface area contributed by atoms with Crippen LogP contribution in [0.3, 0.4) is 0 Å². The number of aromatic amines is 1. The lowest BCUT2D eigenvalue weighted by molar-refractivity contribution is 0.120. The fraction of sp³-hybridized carbons (Fsp3) is 0.522. The van der Waals surface area contributed by atoms with Gasteiger partial charge in [-0.05, 0) is 54.0 Å². The van der Waals surface area contributed by atoms with Gasteiger partial charge >= 0.3 is 0 Å². The molecule has 0 spiro atoms. The van der Waals surface area contributed by atoms with E-state index in [4.69, 9.17) is 0 Å². The van der Waals surface area contributed by atoms with Crippen LogP contribution in [0.15, 0.2) is 54.6 Å². The molecule has 1 aliphatic rings. The molecule has 7 nitrogen and oxygen atoms in total. The predicted octanol–water partition coefficient (Wildman–Crippen LogP) is 2.38. The number of aromatic nitrogens is 4. The summed E-state index contributed by atoms with van der Waals surface area (Å²) in [6.07, 6.45) is 11.4. The fourth-order valence-electron chi connectivity index (χ4n) is 4.06. The minimum atomic E-state index is -0.574. The van der Waals surface area contributed by atoms with Crippen LogP contribution in [0.1, 0.15) is 43.5 Å². The molecule has 1 heterocycles. The number of H-pyrrole nitrogens is 1. The van der Waals surface area contributed by atoms with E-state index in [2.05, 4.69) is 44.9 Å². The Morgan fingerprint density at radius 3 is 2.70 bits per heavy atom. The average Bonchev–Trinajstić information content (AvgIpc) is 3.36. The number of hydrogen-bond donors (Lipinski definition) is 4. The van der Waals surface area contributed by atoms with E-state index in [1.807, 2.05) is 24.3 Å². The van der Waals surface area contributed by atoms with Crippen LogP contribution >= 0.6 is 0 Å². The summed E-state index contributed by atoms with van der Waals surface area (Å²) in [5, 5.41) is 44.7. The van der Waals surface area contributed by atoms with Crippen LogP contribution < -0.4 is 0 Å². The van der Waals surface area contributed by atoms with Crippen LogP contribution in [0.4, 0.5) is 0 Å². The Labute approximate surface area is 177 Å². The monoisotopic (exact) mass is 412 g/mol. The summed E-state index contributed by atoms with van der Waals surface area (Å²) >= 11 is 0. The molecule has 30 heavy (non-hydrogen) atoms. The summed E-state index contributed by atoms with van der Waals surface area (Å²) in [4.78, 5) is 0. The normalized spacial score (nSPS) is 25.4. The number of nitrogens with zero attached hydrogens (tertiary/aromatic N) is 3. The van der Waals surface area contributed by atoms with Crippen LogP contribution in [-0.4, -0.2) is 54.3 Å². The number of nitrogens with one attached hydrogen (secondary N) is 1. The Kier molecular flexibility index (Phi) is 8.74. The van der Waals surface area contributed by atoms with Gasteiger partial charge in [-0.15, -0.1) is 5.10 Å². The molecule has 2 aromatic rings. The van der Waals surface area contributed by atoms with Crippen LogP contribution in [0.5, 0.6) is 0 Å². The maximum atomic E-state index is 10.4. The van der Waals surface area contributed by atoms with Crippen molar-refractivity contribution in [1.82, 2.24) is 20.6 Å². The zero-order valence-electron chi connectivity index (χ0n) is 17.2. The van der Waals surface area contributed by atoms with Crippen molar-refractivity contribution in [2.75, 3.05) is 0 Å². The number of aliphatic hydroxyl groups excluding tert-OH is 3. The second-order valence-corrected chi connectivity index (χ2v) is 8.04. The van der Waals surface area contributed by atoms with Crippen LogP contribution in [0, 0.1) is 11.8 Å². The number of tetrazole rings is 1. The SMILES string of the molecule is OC(C=CC1C(O)CC(O)C1C/C=C\CCCc1nnn[nH]1)CCc1ccccc1. The summed E-state index contributed by atoms with van der Waals surface area (Å²) < 4.78 is 0. The summed E-state index contributed by atoms with van der Waals surface area (Å²) in [5.74, 6) is 0.609. The number of rotatable bonds is 11. The molecule has 1 aromatic carbocycles. The van der Waals surface area contributed by atoms with E-state index >= 15 is 0 Å². The van der Waals surface area contributed by atoms with Crippen molar-refractivity contribution in [3.05, 3.63) is 66.0 Å². The molecule has 3 rings (SSSR count). The fourth-order valence-corrected chi connectivity index (χ4v) is 4.06. The predicted molar refractivity (Wildman–Crippen MR) is 114 cm³/mol. The second-order valence-electron chi connectivity index (χ2n) is 8.04. The van der Waals surface area contributed by atoms with Gasteiger partial charge in [-0.25, -0.2) is 5.10 Å². The van der Waals surface area contributed by atoms with Crippen molar-refractivity contribution in [1.29, 1.82) is 0 Å². The van der Waals surface area contributed by atoms with Gasteiger partial charge in [0.15, 0.2) is 0 Å². The highest BCUT2D eigenvalue weighted by Crippen LogP contribution is 2.36. The lowest BCUT2D eigenvalue weighted by atomic mass is 9.89. The number of unbranched alkanes of at least 4 members (excludes halogenated alkanes) is 1. The molecule has 0 radical (unpaired) electrons. The number of hydrogen-bond acceptors (Lipinski definition) is 6. The van der Waals surface area contributed by atoms with E-state index < -0.39 is 18.3 Å². The molecule has 0 amide bonds. The summed E-state index contributed by atoms with van der Waals surface area (Å²) in [7, 11) is 0. The molecule has 1 aliphatic carbocycles. The van der Waals surface area contributed by atoms with E-state index in [0.29, 0.717) is 19.3 Å². The van der Waals surface area contributed by atoms with Gasteiger partial charge in [-0.3, -0.25) is 0 Å². The van der Waals surface area contributed by atoms with Crippen molar-refractivity contribution in [3.63, 3.8) is 0 Å². The number of aliphatic hydroxyl groups is 3. The van der Waals surface area contributed by atoms with Crippen LogP contribution in [0.2, 0.25) is 0 Å². The molecule has 1 fully saturated rings.